The number of phenols is 1. The molecule has 0 spiro atoms. The van der Waals surface area contributed by atoms with E-state index in [-0.39, 0.29) is 29.6 Å². The topological polar surface area (TPSA) is 88.5 Å². The maximum atomic E-state index is 13.1. The quantitative estimate of drug-likeness (QED) is 0.695. The summed E-state index contributed by atoms with van der Waals surface area (Å²) in [7, 11) is 0. The highest BCUT2D eigenvalue weighted by Crippen LogP contribution is 2.45. The van der Waals surface area contributed by atoms with Crippen LogP contribution in [-0.2, 0) is 6.61 Å². The van der Waals surface area contributed by atoms with Gasteiger partial charge in [0.1, 0.15) is 41.3 Å². The molecule has 0 amide bonds. The van der Waals surface area contributed by atoms with Crippen molar-refractivity contribution < 1.29 is 19.0 Å². The Balaban J connectivity index is 1.74. The van der Waals surface area contributed by atoms with Gasteiger partial charge in [-0.3, -0.25) is 0 Å². The first-order valence-electron chi connectivity index (χ1n) is 8.93. The number of benzene rings is 3. The third-order valence-corrected chi connectivity index (χ3v) is 4.74. The maximum Gasteiger partial charge on any atom is 0.205 e. The van der Waals surface area contributed by atoms with Crippen molar-refractivity contribution in [3.63, 3.8) is 0 Å². The zero-order valence-electron chi connectivity index (χ0n) is 15.3. The highest BCUT2D eigenvalue weighted by molar-refractivity contribution is 5.59. The lowest BCUT2D eigenvalue weighted by molar-refractivity contribution is 0.301. The standard InChI is InChI=1S/C23H17FN2O3/c24-15-7-5-14(6-8-15)13-28-20-4-2-1-3-17(20)22-18-10-9-16(27)11-21(18)29-23(26)19(22)12-25/h1-11,22,27H,13,26H2/t22-/m1/s1. The third kappa shape index (κ3) is 3.58. The second-order valence-corrected chi connectivity index (χ2v) is 6.60. The van der Waals surface area contributed by atoms with Gasteiger partial charge in [-0.2, -0.15) is 5.26 Å². The number of halogens is 1. The van der Waals surface area contributed by atoms with Crippen LogP contribution in [0.1, 0.15) is 22.6 Å². The summed E-state index contributed by atoms with van der Waals surface area (Å²) in [5.74, 6) is 0.174. The fourth-order valence-electron chi connectivity index (χ4n) is 3.36. The van der Waals surface area contributed by atoms with Gasteiger partial charge in [0.25, 0.3) is 0 Å². The number of para-hydroxylation sites is 1. The molecule has 3 aromatic carbocycles. The van der Waals surface area contributed by atoms with Crippen LogP contribution < -0.4 is 15.2 Å². The SMILES string of the molecule is N#CC1=C(N)Oc2cc(O)ccc2[C@H]1c1ccccc1OCc1ccc(F)cc1. The number of aromatic hydroxyl groups is 1. The van der Waals surface area contributed by atoms with Crippen molar-refractivity contribution in [3.8, 4) is 23.3 Å². The number of rotatable bonds is 4. The summed E-state index contributed by atoms with van der Waals surface area (Å²) in [6.07, 6.45) is 0. The molecule has 4 rings (SSSR count). The molecule has 0 aliphatic carbocycles. The Kier molecular flexibility index (Phi) is 4.80. The largest absolute Gasteiger partial charge is 0.508 e. The van der Waals surface area contributed by atoms with Crippen LogP contribution >= 0.6 is 0 Å². The van der Waals surface area contributed by atoms with Crippen molar-refractivity contribution in [1.82, 2.24) is 0 Å². The van der Waals surface area contributed by atoms with E-state index in [1.54, 1.807) is 24.3 Å². The van der Waals surface area contributed by atoms with Crippen LogP contribution in [0.25, 0.3) is 0 Å². The molecule has 0 saturated carbocycles. The number of hydrogen-bond donors (Lipinski definition) is 2. The van der Waals surface area contributed by atoms with Crippen molar-refractivity contribution in [2.24, 2.45) is 5.73 Å². The van der Waals surface area contributed by atoms with Gasteiger partial charge < -0.3 is 20.3 Å². The summed E-state index contributed by atoms with van der Waals surface area (Å²) in [4.78, 5) is 0. The van der Waals surface area contributed by atoms with Crippen LogP contribution in [0.4, 0.5) is 4.39 Å². The van der Waals surface area contributed by atoms with Crippen LogP contribution in [0.15, 0.2) is 78.2 Å². The fraction of sp³-hybridized carbons (Fsp3) is 0.0870. The van der Waals surface area contributed by atoms with Gasteiger partial charge in [-0.05, 0) is 29.8 Å². The lowest BCUT2D eigenvalue weighted by Gasteiger charge is -2.27. The Morgan fingerprint density at radius 1 is 1.07 bits per heavy atom. The molecule has 6 heteroatoms. The van der Waals surface area contributed by atoms with E-state index in [0.717, 1.165) is 11.1 Å². The van der Waals surface area contributed by atoms with Gasteiger partial charge in [0.05, 0.1) is 5.92 Å². The van der Waals surface area contributed by atoms with Gasteiger partial charge in [0.15, 0.2) is 0 Å². The lowest BCUT2D eigenvalue weighted by atomic mass is 9.83. The van der Waals surface area contributed by atoms with Crippen molar-refractivity contribution in [1.29, 1.82) is 5.26 Å². The van der Waals surface area contributed by atoms with E-state index >= 15 is 0 Å². The first-order chi connectivity index (χ1) is 14.1. The predicted molar refractivity (Wildman–Crippen MR) is 105 cm³/mol. The minimum atomic E-state index is -0.506. The van der Waals surface area contributed by atoms with E-state index in [0.29, 0.717) is 17.1 Å². The van der Waals surface area contributed by atoms with Crippen molar-refractivity contribution >= 4 is 0 Å². The van der Waals surface area contributed by atoms with Gasteiger partial charge in [-0.15, -0.1) is 0 Å². The van der Waals surface area contributed by atoms with Gasteiger partial charge in [-0.25, -0.2) is 4.39 Å². The molecule has 0 bridgehead atoms. The summed E-state index contributed by atoms with van der Waals surface area (Å²) in [5, 5.41) is 19.5. The average Bonchev–Trinajstić information content (AvgIpc) is 2.72. The first kappa shape index (κ1) is 18.4. The molecule has 1 aliphatic heterocycles. The van der Waals surface area contributed by atoms with Crippen molar-refractivity contribution in [2.45, 2.75) is 12.5 Å². The Bertz CT molecular complexity index is 1130. The first-order valence-corrected chi connectivity index (χ1v) is 8.93. The highest BCUT2D eigenvalue weighted by atomic mass is 19.1. The Hall–Kier alpha value is -3.98. The molecule has 5 nitrogen and oxygen atoms in total. The summed E-state index contributed by atoms with van der Waals surface area (Å²) in [6, 6.07) is 20.3. The van der Waals surface area contributed by atoms with Crippen molar-refractivity contribution in [3.05, 3.63) is 101 Å². The molecular formula is C23H17FN2O3. The molecule has 1 heterocycles. The lowest BCUT2D eigenvalue weighted by Crippen LogP contribution is -2.21. The molecule has 29 heavy (non-hydrogen) atoms. The highest BCUT2D eigenvalue weighted by Gasteiger charge is 2.32. The Labute approximate surface area is 167 Å². The van der Waals surface area contributed by atoms with E-state index in [2.05, 4.69) is 6.07 Å². The van der Waals surface area contributed by atoms with Crippen LogP contribution in [-0.4, -0.2) is 5.11 Å². The molecule has 0 saturated heterocycles. The number of allylic oxidation sites excluding steroid dienone is 1. The van der Waals surface area contributed by atoms with Gasteiger partial charge in [0, 0.05) is 17.2 Å². The van der Waals surface area contributed by atoms with Crippen LogP contribution in [0, 0.1) is 17.1 Å². The maximum absolute atomic E-state index is 13.1. The number of nitriles is 1. The molecule has 144 valence electrons. The Morgan fingerprint density at radius 2 is 1.83 bits per heavy atom. The van der Waals surface area contributed by atoms with E-state index in [4.69, 9.17) is 15.2 Å². The second kappa shape index (κ2) is 7.56. The molecule has 0 fully saturated rings. The van der Waals surface area contributed by atoms with Crippen LogP contribution in [0.5, 0.6) is 17.2 Å². The molecular weight excluding hydrogens is 371 g/mol. The average molecular weight is 388 g/mol. The third-order valence-electron chi connectivity index (χ3n) is 4.74. The van der Waals surface area contributed by atoms with E-state index < -0.39 is 5.92 Å². The van der Waals surface area contributed by atoms with Crippen LogP contribution in [0.2, 0.25) is 0 Å². The normalized spacial score (nSPS) is 15.2. The minimum absolute atomic E-state index is 0.0102. The van der Waals surface area contributed by atoms with E-state index in [9.17, 15) is 14.8 Å². The molecule has 0 radical (unpaired) electrons. The van der Waals surface area contributed by atoms with Crippen LogP contribution in [0.3, 0.4) is 0 Å². The van der Waals surface area contributed by atoms with E-state index in [1.165, 1.54) is 24.3 Å². The molecule has 1 atom stereocenters. The monoisotopic (exact) mass is 388 g/mol. The molecule has 1 aliphatic rings. The molecule has 3 N–H and O–H groups in total. The minimum Gasteiger partial charge on any atom is -0.508 e. The van der Waals surface area contributed by atoms with Gasteiger partial charge >= 0.3 is 0 Å². The summed E-state index contributed by atoms with van der Waals surface area (Å²) in [5.41, 5.74) is 8.51. The smallest absolute Gasteiger partial charge is 0.205 e. The number of ether oxygens (including phenoxy) is 2. The zero-order chi connectivity index (χ0) is 20.4. The number of phenolic OH excluding ortho intramolecular Hbond substituents is 1. The summed E-state index contributed by atoms with van der Waals surface area (Å²) in [6.45, 7) is 0.240. The number of nitrogens with zero attached hydrogens (tertiary/aromatic N) is 1. The summed E-state index contributed by atoms with van der Waals surface area (Å²) < 4.78 is 24.7. The molecule has 3 aromatic rings. The second-order valence-electron chi connectivity index (χ2n) is 6.60. The van der Waals surface area contributed by atoms with Gasteiger partial charge in [0.2, 0.25) is 5.88 Å². The Morgan fingerprint density at radius 3 is 2.59 bits per heavy atom. The fourth-order valence-corrected chi connectivity index (χ4v) is 3.36. The van der Waals surface area contributed by atoms with E-state index in [1.807, 2.05) is 18.2 Å². The van der Waals surface area contributed by atoms with Crippen molar-refractivity contribution in [2.75, 3.05) is 0 Å². The molecule has 0 aromatic heterocycles. The summed E-state index contributed by atoms with van der Waals surface area (Å²) >= 11 is 0. The zero-order valence-corrected chi connectivity index (χ0v) is 15.3. The number of fused-ring (bicyclic) bond motifs is 1. The van der Waals surface area contributed by atoms with Gasteiger partial charge in [-0.1, -0.05) is 36.4 Å². The molecule has 0 unspecified atom stereocenters. The number of nitrogens with two attached hydrogens (primary N) is 1. The number of hydrogen-bond acceptors (Lipinski definition) is 5. The predicted octanol–water partition coefficient (Wildman–Crippen LogP) is 4.33.